The molecule has 3 nitrogen and oxygen atoms in total. The largest absolute Gasteiger partial charge is 0.367 e. The van der Waals surface area contributed by atoms with Crippen molar-refractivity contribution in [2.24, 2.45) is 23.2 Å². The van der Waals surface area contributed by atoms with Crippen molar-refractivity contribution in [3.63, 3.8) is 0 Å². The molecule has 4 aliphatic rings. The van der Waals surface area contributed by atoms with Gasteiger partial charge in [0.25, 0.3) is 0 Å². The summed E-state index contributed by atoms with van der Waals surface area (Å²) in [5.74, 6) is 4.79. The summed E-state index contributed by atoms with van der Waals surface area (Å²) in [7, 11) is 0. The molecule has 1 unspecified atom stereocenters. The SMILES string of the molecule is Cc1nc(Br)cc(NC(C)C23CC4CC(CC(C4)C2)C3)n1. The Kier molecular flexibility index (Phi) is 3.29. The minimum atomic E-state index is 0.507. The van der Waals surface area contributed by atoms with Gasteiger partial charge in [-0.3, -0.25) is 0 Å². The lowest BCUT2D eigenvalue weighted by molar-refractivity contribution is -0.0603. The molecule has 1 N–H and O–H groups in total. The van der Waals surface area contributed by atoms with Gasteiger partial charge < -0.3 is 5.32 Å². The molecular weight excluding hydrogens is 326 g/mol. The quantitative estimate of drug-likeness (QED) is 0.812. The van der Waals surface area contributed by atoms with Gasteiger partial charge in [0, 0.05) is 12.1 Å². The lowest BCUT2D eigenvalue weighted by Gasteiger charge is -2.59. The van der Waals surface area contributed by atoms with Crippen LogP contribution in [0.1, 0.15) is 51.3 Å². The van der Waals surface area contributed by atoms with Gasteiger partial charge in [-0.25, -0.2) is 9.97 Å². The van der Waals surface area contributed by atoms with E-state index in [4.69, 9.17) is 0 Å². The predicted octanol–water partition coefficient (Wildman–Crippen LogP) is 4.56. The third-order valence-corrected chi connectivity index (χ3v) is 6.58. The van der Waals surface area contributed by atoms with Crippen LogP contribution in [-0.2, 0) is 0 Å². The van der Waals surface area contributed by atoms with E-state index in [0.717, 1.165) is 34.0 Å². The molecule has 0 spiro atoms. The van der Waals surface area contributed by atoms with E-state index in [-0.39, 0.29) is 0 Å². The maximum absolute atomic E-state index is 4.55. The first-order chi connectivity index (χ1) is 10.0. The molecule has 0 aliphatic heterocycles. The number of hydrogen-bond donors (Lipinski definition) is 1. The topological polar surface area (TPSA) is 37.8 Å². The minimum absolute atomic E-state index is 0.507. The number of aromatic nitrogens is 2. The van der Waals surface area contributed by atoms with E-state index in [9.17, 15) is 0 Å². The summed E-state index contributed by atoms with van der Waals surface area (Å²) in [6.07, 6.45) is 8.80. The Morgan fingerprint density at radius 2 is 1.71 bits per heavy atom. The van der Waals surface area contributed by atoms with Gasteiger partial charge in [-0.2, -0.15) is 0 Å². The van der Waals surface area contributed by atoms with Crippen molar-refractivity contribution in [1.82, 2.24) is 9.97 Å². The van der Waals surface area contributed by atoms with Crippen molar-refractivity contribution in [1.29, 1.82) is 0 Å². The third-order valence-electron chi connectivity index (χ3n) is 6.18. The maximum Gasteiger partial charge on any atom is 0.131 e. The van der Waals surface area contributed by atoms with Crippen LogP contribution >= 0.6 is 15.9 Å². The highest BCUT2D eigenvalue weighted by atomic mass is 79.9. The summed E-state index contributed by atoms with van der Waals surface area (Å²) >= 11 is 3.48. The maximum atomic E-state index is 4.55. The molecule has 0 radical (unpaired) electrons. The van der Waals surface area contributed by atoms with Crippen LogP contribution in [0, 0.1) is 30.1 Å². The van der Waals surface area contributed by atoms with Crippen LogP contribution in [0.3, 0.4) is 0 Å². The van der Waals surface area contributed by atoms with Crippen molar-refractivity contribution < 1.29 is 0 Å². The average molecular weight is 350 g/mol. The second kappa shape index (κ2) is 4.94. The molecule has 1 aromatic rings. The second-order valence-electron chi connectivity index (χ2n) is 7.77. The molecule has 1 aromatic heterocycles. The van der Waals surface area contributed by atoms with E-state index in [1.54, 1.807) is 0 Å². The van der Waals surface area contributed by atoms with Gasteiger partial charge in [-0.05, 0) is 91.5 Å². The van der Waals surface area contributed by atoms with E-state index in [2.05, 4.69) is 38.1 Å². The molecule has 0 amide bonds. The predicted molar refractivity (Wildman–Crippen MR) is 88.2 cm³/mol. The van der Waals surface area contributed by atoms with Crippen LogP contribution in [-0.4, -0.2) is 16.0 Å². The average Bonchev–Trinajstić information content (AvgIpc) is 2.35. The summed E-state index contributed by atoms with van der Waals surface area (Å²) in [5, 5.41) is 3.70. The third kappa shape index (κ3) is 2.49. The van der Waals surface area contributed by atoms with Gasteiger partial charge in [0.1, 0.15) is 16.2 Å². The minimum Gasteiger partial charge on any atom is -0.367 e. The van der Waals surface area contributed by atoms with Crippen molar-refractivity contribution in [3.8, 4) is 0 Å². The van der Waals surface area contributed by atoms with Gasteiger partial charge in [0.2, 0.25) is 0 Å². The number of halogens is 1. The van der Waals surface area contributed by atoms with Gasteiger partial charge in [0.15, 0.2) is 0 Å². The smallest absolute Gasteiger partial charge is 0.131 e. The van der Waals surface area contributed by atoms with E-state index in [1.807, 2.05) is 13.0 Å². The Morgan fingerprint density at radius 3 is 2.24 bits per heavy atom. The lowest BCUT2D eigenvalue weighted by Crippen LogP contribution is -2.53. The van der Waals surface area contributed by atoms with E-state index >= 15 is 0 Å². The van der Waals surface area contributed by atoms with E-state index in [0.29, 0.717) is 11.5 Å². The Balaban J connectivity index is 1.55. The molecule has 1 atom stereocenters. The van der Waals surface area contributed by atoms with Crippen LogP contribution < -0.4 is 5.32 Å². The fourth-order valence-electron chi connectivity index (χ4n) is 5.69. The Bertz CT molecular complexity index is 501. The highest BCUT2D eigenvalue weighted by Gasteiger charge is 2.53. The number of nitrogens with zero attached hydrogens (tertiary/aromatic N) is 2. The van der Waals surface area contributed by atoms with Crippen LogP contribution in [0.15, 0.2) is 10.7 Å². The number of anilines is 1. The molecule has 4 aliphatic carbocycles. The monoisotopic (exact) mass is 349 g/mol. The van der Waals surface area contributed by atoms with Crippen LogP contribution in [0.2, 0.25) is 0 Å². The zero-order valence-corrected chi connectivity index (χ0v) is 14.5. The molecule has 4 fully saturated rings. The standard InChI is InChI=1S/C17H24BrN3/c1-10(19-16-6-15(18)20-11(2)21-16)17-7-12-3-13(8-17)5-14(4-12)9-17/h6,10,12-14H,3-5,7-9H2,1-2H3,(H,19,20,21). The van der Waals surface area contributed by atoms with Crippen LogP contribution in [0.5, 0.6) is 0 Å². The summed E-state index contributed by atoms with van der Waals surface area (Å²) in [5.41, 5.74) is 0.514. The Labute approximate surface area is 135 Å². The summed E-state index contributed by atoms with van der Waals surface area (Å²) in [6, 6.07) is 2.51. The van der Waals surface area contributed by atoms with Gasteiger partial charge >= 0.3 is 0 Å². The molecule has 1 heterocycles. The number of rotatable bonds is 3. The van der Waals surface area contributed by atoms with Gasteiger partial charge in [-0.15, -0.1) is 0 Å². The molecule has 4 heteroatoms. The van der Waals surface area contributed by atoms with E-state index in [1.165, 1.54) is 38.5 Å². The Morgan fingerprint density at radius 1 is 1.14 bits per heavy atom. The molecule has 4 saturated carbocycles. The Hall–Kier alpha value is -0.640. The summed E-state index contributed by atoms with van der Waals surface area (Å²) in [4.78, 5) is 8.85. The van der Waals surface area contributed by atoms with Crippen molar-refractivity contribution in [2.45, 2.75) is 58.4 Å². The highest BCUT2D eigenvalue weighted by molar-refractivity contribution is 9.10. The number of nitrogens with one attached hydrogen (secondary N) is 1. The van der Waals surface area contributed by atoms with Gasteiger partial charge in [-0.1, -0.05) is 0 Å². The normalized spacial score (nSPS) is 38.5. The fraction of sp³-hybridized carbons (Fsp3) is 0.765. The molecule has 21 heavy (non-hydrogen) atoms. The number of aryl methyl sites for hydroxylation is 1. The van der Waals surface area contributed by atoms with Crippen molar-refractivity contribution in [3.05, 3.63) is 16.5 Å². The first-order valence-corrected chi connectivity index (χ1v) is 9.09. The zero-order chi connectivity index (χ0) is 14.6. The fourth-order valence-corrected chi connectivity index (χ4v) is 6.16. The van der Waals surface area contributed by atoms with Crippen LogP contribution in [0.4, 0.5) is 5.82 Å². The number of hydrogen-bond acceptors (Lipinski definition) is 3. The van der Waals surface area contributed by atoms with Crippen LogP contribution in [0.25, 0.3) is 0 Å². The summed E-state index contributed by atoms with van der Waals surface area (Å²) in [6.45, 7) is 4.32. The molecule has 4 bridgehead atoms. The highest BCUT2D eigenvalue weighted by Crippen LogP contribution is 2.61. The lowest BCUT2D eigenvalue weighted by atomic mass is 9.48. The zero-order valence-electron chi connectivity index (χ0n) is 12.9. The first-order valence-electron chi connectivity index (χ1n) is 8.30. The molecular formula is C17H24BrN3. The molecule has 5 rings (SSSR count). The molecule has 0 saturated heterocycles. The second-order valence-corrected chi connectivity index (χ2v) is 8.58. The summed E-state index contributed by atoms with van der Waals surface area (Å²) < 4.78 is 0.871. The van der Waals surface area contributed by atoms with Crippen molar-refractivity contribution >= 4 is 21.7 Å². The molecule has 0 aromatic carbocycles. The molecule has 114 valence electrons. The van der Waals surface area contributed by atoms with E-state index < -0.39 is 0 Å². The van der Waals surface area contributed by atoms with Crippen molar-refractivity contribution in [2.75, 3.05) is 5.32 Å². The van der Waals surface area contributed by atoms with Gasteiger partial charge in [0.05, 0.1) is 0 Å². The first kappa shape index (κ1) is 14.0.